The number of aliphatic hydroxyl groups is 1. The van der Waals surface area contributed by atoms with Crippen molar-refractivity contribution in [1.82, 2.24) is 0 Å². The molecule has 1 heterocycles. The zero-order chi connectivity index (χ0) is 13.8. The summed E-state index contributed by atoms with van der Waals surface area (Å²) in [6, 6.07) is 0. The number of ether oxygens (including phenoxy) is 1. The molecule has 0 aromatic heterocycles. The predicted octanol–water partition coefficient (Wildman–Crippen LogP) is 4.15. The molecule has 1 N–H and O–H groups in total. The van der Waals surface area contributed by atoms with Gasteiger partial charge in [-0.1, -0.05) is 32.1 Å². The van der Waals surface area contributed by atoms with E-state index in [0.717, 1.165) is 30.5 Å². The van der Waals surface area contributed by atoms with Crippen molar-refractivity contribution in [2.75, 3.05) is 12.4 Å². The van der Waals surface area contributed by atoms with Crippen LogP contribution in [0.15, 0.2) is 0 Å². The van der Waals surface area contributed by atoms with Crippen LogP contribution >= 0.6 is 11.8 Å². The van der Waals surface area contributed by atoms with E-state index in [1.807, 2.05) is 11.8 Å². The van der Waals surface area contributed by atoms with Crippen molar-refractivity contribution in [3.63, 3.8) is 0 Å². The molecule has 3 rings (SSSR count). The lowest BCUT2D eigenvalue weighted by Gasteiger charge is -2.40. The molecule has 0 bridgehead atoms. The fourth-order valence-corrected chi connectivity index (χ4v) is 5.77. The van der Waals surface area contributed by atoms with Gasteiger partial charge in [0.2, 0.25) is 0 Å². The Kier molecular flexibility index (Phi) is 5.33. The fraction of sp³-hybridized carbons (Fsp3) is 1.00. The van der Waals surface area contributed by atoms with E-state index in [9.17, 15) is 5.11 Å². The van der Waals surface area contributed by atoms with Gasteiger partial charge < -0.3 is 9.84 Å². The zero-order valence-electron chi connectivity index (χ0n) is 12.7. The standard InChI is InChI=1S/C17H30O2S/c18-16(13-20-15-6-2-1-3-7-15)14-8-11-19-17(12-14)9-4-5-10-17/h14-16,18H,1-13H2. The van der Waals surface area contributed by atoms with Crippen molar-refractivity contribution >= 4 is 11.8 Å². The van der Waals surface area contributed by atoms with Crippen LogP contribution in [0.1, 0.15) is 70.6 Å². The highest BCUT2D eigenvalue weighted by Crippen LogP contribution is 2.43. The van der Waals surface area contributed by atoms with Crippen LogP contribution < -0.4 is 0 Å². The number of thioether (sulfide) groups is 1. The Labute approximate surface area is 128 Å². The van der Waals surface area contributed by atoms with Crippen LogP contribution in [-0.2, 0) is 4.74 Å². The molecule has 1 aliphatic heterocycles. The first-order valence-corrected chi connectivity index (χ1v) is 9.76. The molecule has 2 nitrogen and oxygen atoms in total. The third-order valence-corrected chi connectivity index (χ3v) is 7.12. The summed E-state index contributed by atoms with van der Waals surface area (Å²) < 4.78 is 6.08. The second-order valence-electron chi connectivity index (χ2n) is 7.15. The van der Waals surface area contributed by atoms with E-state index in [1.165, 1.54) is 57.8 Å². The van der Waals surface area contributed by atoms with Crippen LogP contribution in [-0.4, -0.2) is 34.4 Å². The Morgan fingerprint density at radius 1 is 1.05 bits per heavy atom. The summed E-state index contributed by atoms with van der Waals surface area (Å²) in [6.45, 7) is 0.871. The smallest absolute Gasteiger partial charge is 0.0686 e. The molecule has 116 valence electrons. The highest BCUT2D eigenvalue weighted by Gasteiger charge is 2.41. The van der Waals surface area contributed by atoms with E-state index in [0.29, 0.717) is 5.92 Å². The molecule has 2 saturated carbocycles. The summed E-state index contributed by atoms with van der Waals surface area (Å²) in [7, 11) is 0. The van der Waals surface area contributed by atoms with Gasteiger partial charge in [-0.05, 0) is 44.4 Å². The Morgan fingerprint density at radius 2 is 1.80 bits per heavy atom. The summed E-state index contributed by atoms with van der Waals surface area (Å²) in [5.74, 6) is 1.43. The van der Waals surface area contributed by atoms with E-state index in [1.54, 1.807) is 0 Å². The molecule has 1 spiro atoms. The number of rotatable bonds is 4. The first kappa shape index (κ1) is 15.2. The van der Waals surface area contributed by atoms with Gasteiger partial charge in [0, 0.05) is 17.6 Å². The van der Waals surface area contributed by atoms with E-state index in [-0.39, 0.29) is 11.7 Å². The molecule has 0 aromatic rings. The van der Waals surface area contributed by atoms with Crippen LogP contribution in [0.25, 0.3) is 0 Å². The molecule has 3 heteroatoms. The number of aliphatic hydroxyl groups excluding tert-OH is 1. The van der Waals surface area contributed by atoms with Crippen LogP contribution in [0, 0.1) is 5.92 Å². The lowest BCUT2D eigenvalue weighted by molar-refractivity contribution is -0.109. The van der Waals surface area contributed by atoms with Gasteiger partial charge in [-0.3, -0.25) is 0 Å². The molecule has 0 amide bonds. The average Bonchev–Trinajstić information content (AvgIpc) is 2.93. The van der Waals surface area contributed by atoms with Crippen molar-refractivity contribution < 1.29 is 9.84 Å². The van der Waals surface area contributed by atoms with Gasteiger partial charge in [-0.15, -0.1) is 0 Å². The molecule has 20 heavy (non-hydrogen) atoms. The largest absolute Gasteiger partial charge is 0.392 e. The minimum atomic E-state index is -0.108. The van der Waals surface area contributed by atoms with Crippen LogP contribution in [0.4, 0.5) is 0 Å². The molecule has 1 saturated heterocycles. The number of hydrogen-bond donors (Lipinski definition) is 1. The molecule has 3 aliphatic rings. The summed E-state index contributed by atoms with van der Waals surface area (Å²) in [6.07, 6.45) is 14.1. The summed E-state index contributed by atoms with van der Waals surface area (Å²) in [5.41, 5.74) is 0.152. The van der Waals surface area contributed by atoms with Gasteiger partial charge in [0.25, 0.3) is 0 Å². The lowest BCUT2D eigenvalue weighted by Crippen LogP contribution is -2.41. The topological polar surface area (TPSA) is 29.5 Å². The molecule has 2 aliphatic carbocycles. The van der Waals surface area contributed by atoms with Crippen LogP contribution in [0.5, 0.6) is 0 Å². The summed E-state index contributed by atoms with van der Waals surface area (Å²) >= 11 is 2.04. The van der Waals surface area contributed by atoms with Gasteiger partial charge in [0.15, 0.2) is 0 Å². The Morgan fingerprint density at radius 3 is 2.55 bits per heavy atom. The first-order valence-electron chi connectivity index (χ1n) is 8.71. The third-order valence-electron chi connectivity index (χ3n) is 5.64. The second-order valence-corrected chi connectivity index (χ2v) is 8.49. The van der Waals surface area contributed by atoms with Crippen LogP contribution in [0.3, 0.4) is 0 Å². The van der Waals surface area contributed by atoms with Gasteiger partial charge in [0.05, 0.1) is 11.7 Å². The maximum atomic E-state index is 10.6. The van der Waals surface area contributed by atoms with Crippen molar-refractivity contribution in [2.24, 2.45) is 5.92 Å². The normalized spacial score (nSPS) is 32.5. The SMILES string of the molecule is OC(CSC1CCCCC1)C1CCOC2(CCCC2)C1. The summed E-state index contributed by atoms with van der Waals surface area (Å²) in [4.78, 5) is 0. The van der Waals surface area contributed by atoms with Crippen molar-refractivity contribution in [2.45, 2.75) is 87.6 Å². The Bertz CT molecular complexity index is 295. The van der Waals surface area contributed by atoms with Crippen LogP contribution in [0.2, 0.25) is 0 Å². The monoisotopic (exact) mass is 298 g/mol. The van der Waals surface area contributed by atoms with E-state index >= 15 is 0 Å². The summed E-state index contributed by atoms with van der Waals surface area (Å²) in [5, 5.41) is 11.4. The third kappa shape index (κ3) is 3.72. The lowest BCUT2D eigenvalue weighted by atomic mass is 9.82. The molecule has 0 radical (unpaired) electrons. The van der Waals surface area contributed by atoms with Gasteiger partial charge >= 0.3 is 0 Å². The fourth-order valence-electron chi connectivity index (χ4n) is 4.36. The minimum absolute atomic E-state index is 0.108. The van der Waals surface area contributed by atoms with Crippen molar-refractivity contribution in [1.29, 1.82) is 0 Å². The highest BCUT2D eigenvalue weighted by molar-refractivity contribution is 7.99. The molecular formula is C17H30O2S. The minimum Gasteiger partial charge on any atom is -0.392 e. The second kappa shape index (κ2) is 7.02. The Balaban J connectivity index is 1.45. The maximum absolute atomic E-state index is 10.6. The molecule has 0 aromatic carbocycles. The first-order chi connectivity index (χ1) is 9.77. The average molecular weight is 298 g/mol. The molecule has 3 fully saturated rings. The quantitative estimate of drug-likeness (QED) is 0.845. The maximum Gasteiger partial charge on any atom is 0.0686 e. The van der Waals surface area contributed by atoms with Crippen molar-refractivity contribution in [3.05, 3.63) is 0 Å². The Hall–Kier alpha value is 0.270. The highest BCUT2D eigenvalue weighted by atomic mass is 32.2. The van der Waals surface area contributed by atoms with Crippen molar-refractivity contribution in [3.8, 4) is 0 Å². The van der Waals surface area contributed by atoms with E-state index in [4.69, 9.17) is 4.74 Å². The van der Waals surface area contributed by atoms with Gasteiger partial charge in [-0.25, -0.2) is 0 Å². The van der Waals surface area contributed by atoms with Gasteiger partial charge in [-0.2, -0.15) is 11.8 Å². The molecule has 2 unspecified atom stereocenters. The molecular weight excluding hydrogens is 268 g/mol. The van der Waals surface area contributed by atoms with Gasteiger partial charge in [0.1, 0.15) is 0 Å². The molecule has 2 atom stereocenters. The zero-order valence-corrected chi connectivity index (χ0v) is 13.5. The van der Waals surface area contributed by atoms with E-state index in [2.05, 4.69) is 0 Å². The van der Waals surface area contributed by atoms with E-state index < -0.39 is 0 Å². The predicted molar refractivity (Wildman–Crippen MR) is 85.2 cm³/mol. The number of hydrogen-bond acceptors (Lipinski definition) is 3.